The summed E-state index contributed by atoms with van der Waals surface area (Å²) >= 11 is 0. The molecule has 1 atom stereocenters. The van der Waals surface area contributed by atoms with Crippen LogP contribution in [0.1, 0.15) is 28.7 Å². The van der Waals surface area contributed by atoms with E-state index in [0.717, 1.165) is 28.5 Å². The van der Waals surface area contributed by atoms with Crippen molar-refractivity contribution in [1.29, 1.82) is 5.41 Å². The van der Waals surface area contributed by atoms with Gasteiger partial charge < -0.3 is 10.5 Å². The largest absolute Gasteiger partial charge is 0.512 e. The first-order valence-electron chi connectivity index (χ1n) is 6.00. The molecule has 3 heteroatoms. The number of carbonyl (C=O) groups is 1. The minimum atomic E-state index is -0.500. The summed E-state index contributed by atoms with van der Waals surface area (Å²) in [5, 5.41) is 17.2. The number of aliphatic hydroxyl groups excluding tert-OH is 1. The van der Waals surface area contributed by atoms with Crippen LogP contribution in [-0.2, 0) is 4.79 Å². The molecule has 2 N–H and O–H groups in total. The van der Waals surface area contributed by atoms with Crippen LogP contribution in [0.25, 0.3) is 5.57 Å². The number of allylic oxidation sites excluding steroid dienone is 2. The first-order chi connectivity index (χ1) is 8.45. The van der Waals surface area contributed by atoms with Gasteiger partial charge in [0.25, 0.3) is 0 Å². The van der Waals surface area contributed by atoms with Crippen LogP contribution < -0.4 is 0 Å². The number of hydrogen-bond donors (Lipinski definition) is 2. The molecule has 0 amide bonds. The van der Waals surface area contributed by atoms with Gasteiger partial charge >= 0.3 is 0 Å². The lowest BCUT2D eigenvalue weighted by molar-refractivity contribution is -0.114. The number of nitrogens with one attached hydrogen (secondary N) is 1. The van der Waals surface area contributed by atoms with Crippen LogP contribution in [0.15, 0.2) is 17.9 Å². The zero-order valence-electron chi connectivity index (χ0n) is 10.9. The van der Waals surface area contributed by atoms with Gasteiger partial charge in [-0.1, -0.05) is 17.7 Å². The quantitative estimate of drug-likeness (QED) is 0.784. The lowest BCUT2D eigenvalue weighted by Gasteiger charge is -2.12. The van der Waals surface area contributed by atoms with Gasteiger partial charge in [0.1, 0.15) is 5.76 Å². The number of rotatable bonds is 2. The van der Waals surface area contributed by atoms with E-state index in [4.69, 9.17) is 5.41 Å². The Kier molecular flexibility index (Phi) is 3.07. The average Bonchev–Trinajstić information content (AvgIpc) is 2.55. The average molecular weight is 243 g/mol. The van der Waals surface area contributed by atoms with Crippen molar-refractivity contribution in [1.82, 2.24) is 0 Å². The van der Waals surface area contributed by atoms with Crippen molar-refractivity contribution >= 4 is 17.6 Å². The molecule has 0 aliphatic heterocycles. The topological polar surface area (TPSA) is 61.1 Å². The Hall–Kier alpha value is -1.90. The van der Waals surface area contributed by atoms with Crippen LogP contribution in [0, 0.1) is 32.1 Å². The van der Waals surface area contributed by atoms with Crippen LogP contribution in [0.4, 0.5) is 0 Å². The van der Waals surface area contributed by atoms with Crippen molar-refractivity contribution in [2.75, 3.05) is 0 Å². The number of benzene rings is 1. The lowest BCUT2D eigenvalue weighted by atomic mass is 9.91. The Labute approximate surface area is 107 Å². The minimum absolute atomic E-state index is 0.114. The summed E-state index contributed by atoms with van der Waals surface area (Å²) in [5.41, 5.74) is 4.36. The fourth-order valence-corrected chi connectivity index (χ4v) is 2.71. The molecule has 2 rings (SSSR count). The van der Waals surface area contributed by atoms with E-state index in [1.54, 1.807) is 0 Å². The summed E-state index contributed by atoms with van der Waals surface area (Å²) in [4.78, 5) is 12.2. The Bertz CT molecular complexity index is 547. The molecule has 18 heavy (non-hydrogen) atoms. The van der Waals surface area contributed by atoms with Gasteiger partial charge in [-0.15, -0.1) is 0 Å². The molecule has 0 aromatic heterocycles. The molecule has 0 heterocycles. The Morgan fingerprint density at radius 3 is 2.28 bits per heavy atom. The third kappa shape index (κ3) is 1.86. The van der Waals surface area contributed by atoms with Gasteiger partial charge in [0, 0.05) is 12.6 Å². The summed E-state index contributed by atoms with van der Waals surface area (Å²) in [6.07, 6.45) is 1.37. The molecule has 1 aromatic rings. The van der Waals surface area contributed by atoms with Gasteiger partial charge in [0.15, 0.2) is 5.78 Å². The molecular formula is C15H17NO2. The maximum atomic E-state index is 12.2. The minimum Gasteiger partial charge on any atom is -0.512 e. The first-order valence-corrected chi connectivity index (χ1v) is 6.00. The molecule has 1 aliphatic rings. The highest BCUT2D eigenvalue weighted by atomic mass is 16.3. The number of carbonyl (C=O) groups excluding carboxylic acids is 1. The van der Waals surface area contributed by atoms with Crippen molar-refractivity contribution in [3.05, 3.63) is 40.1 Å². The zero-order valence-corrected chi connectivity index (χ0v) is 10.9. The van der Waals surface area contributed by atoms with Crippen LogP contribution in [-0.4, -0.2) is 17.1 Å². The Morgan fingerprint density at radius 1 is 1.28 bits per heavy atom. The van der Waals surface area contributed by atoms with Crippen molar-refractivity contribution < 1.29 is 9.90 Å². The molecule has 0 saturated heterocycles. The number of aliphatic hydroxyl groups is 1. The Balaban J connectivity index is 2.60. The summed E-state index contributed by atoms with van der Waals surface area (Å²) in [6.45, 7) is 5.90. The maximum Gasteiger partial charge on any atom is 0.175 e. The highest BCUT2D eigenvalue weighted by molar-refractivity contribution is 6.28. The van der Waals surface area contributed by atoms with Crippen molar-refractivity contribution in [3.63, 3.8) is 0 Å². The predicted molar refractivity (Wildman–Crippen MR) is 72.1 cm³/mol. The molecule has 1 unspecified atom stereocenters. The van der Waals surface area contributed by atoms with Gasteiger partial charge in [0.2, 0.25) is 0 Å². The van der Waals surface area contributed by atoms with E-state index in [0.29, 0.717) is 5.57 Å². The number of aryl methyl sites for hydroxylation is 3. The molecule has 3 nitrogen and oxygen atoms in total. The molecule has 0 fully saturated rings. The predicted octanol–water partition coefficient (Wildman–Crippen LogP) is 3.12. The number of Topliss-reactive ketones (excluding diaryl/α,β-unsaturated/α-hetero) is 1. The zero-order chi connectivity index (χ0) is 13.4. The van der Waals surface area contributed by atoms with Crippen molar-refractivity contribution in [3.8, 4) is 0 Å². The monoisotopic (exact) mass is 243 g/mol. The second-order valence-corrected chi connectivity index (χ2v) is 4.94. The molecule has 0 radical (unpaired) electrons. The fourth-order valence-electron chi connectivity index (χ4n) is 2.71. The SMILES string of the molecule is Cc1cc(C)c(C2=C(O)CC(C=N)C2=O)c(C)c1. The summed E-state index contributed by atoms with van der Waals surface area (Å²) in [7, 11) is 0. The molecular weight excluding hydrogens is 226 g/mol. The second kappa shape index (κ2) is 4.41. The van der Waals surface area contributed by atoms with Gasteiger partial charge in [0.05, 0.1) is 11.5 Å². The molecule has 0 spiro atoms. The highest BCUT2D eigenvalue weighted by Gasteiger charge is 2.34. The molecule has 94 valence electrons. The van der Waals surface area contributed by atoms with E-state index in [-0.39, 0.29) is 18.0 Å². The normalized spacial score (nSPS) is 19.5. The van der Waals surface area contributed by atoms with E-state index in [9.17, 15) is 9.90 Å². The third-order valence-electron chi connectivity index (χ3n) is 3.41. The standard InChI is InChI=1S/C15H17NO2/c1-8-4-9(2)13(10(3)5-8)14-12(17)6-11(7-16)15(14)18/h4-5,7,11,16-17H,6H2,1-3H3. The molecule has 0 saturated carbocycles. The summed E-state index contributed by atoms with van der Waals surface area (Å²) < 4.78 is 0. The van der Waals surface area contributed by atoms with Crippen LogP contribution in [0.2, 0.25) is 0 Å². The second-order valence-electron chi connectivity index (χ2n) is 4.94. The number of hydrogen-bond acceptors (Lipinski definition) is 3. The van der Waals surface area contributed by atoms with Crippen LogP contribution >= 0.6 is 0 Å². The number of ketones is 1. The van der Waals surface area contributed by atoms with E-state index >= 15 is 0 Å². The van der Waals surface area contributed by atoms with E-state index in [1.807, 2.05) is 32.9 Å². The van der Waals surface area contributed by atoms with Gasteiger partial charge in [-0.25, -0.2) is 0 Å². The maximum absolute atomic E-state index is 12.2. The van der Waals surface area contributed by atoms with E-state index in [2.05, 4.69) is 0 Å². The van der Waals surface area contributed by atoms with Gasteiger partial charge in [-0.3, -0.25) is 4.79 Å². The highest BCUT2D eigenvalue weighted by Crippen LogP contribution is 2.36. The summed E-state index contributed by atoms with van der Waals surface area (Å²) in [6, 6.07) is 4.02. The van der Waals surface area contributed by atoms with Gasteiger partial charge in [-0.05, 0) is 37.5 Å². The van der Waals surface area contributed by atoms with Gasteiger partial charge in [-0.2, -0.15) is 0 Å². The van der Waals surface area contributed by atoms with Crippen LogP contribution in [0.3, 0.4) is 0 Å². The molecule has 0 bridgehead atoms. The first kappa shape index (κ1) is 12.6. The van der Waals surface area contributed by atoms with Crippen molar-refractivity contribution in [2.24, 2.45) is 5.92 Å². The third-order valence-corrected chi connectivity index (χ3v) is 3.41. The van der Waals surface area contributed by atoms with E-state index < -0.39 is 5.92 Å². The van der Waals surface area contributed by atoms with Crippen LogP contribution in [0.5, 0.6) is 0 Å². The summed E-state index contributed by atoms with van der Waals surface area (Å²) in [5.74, 6) is -0.527. The van der Waals surface area contributed by atoms with E-state index in [1.165, 1.54) is 0 Å². The Morgan fingerprint density at radius 2 is 1.83 bits per heavy atom. The lowest BCUT2D eigenvalue weighted by Crippen LogP contribution is -2.11. The molecule has 1 aromatic carbocycles. The smallest absolute Gasteiger partial charge is 0.175 e. The molecule has 1 aliphatic carbocycles. The fraction of sp³-hybridized carbons (Fsp3) is 0.333. The van der Waals surface area contributed by atoms with Crippen molar-refractivity contribution in [2.45, 2.75) is 27.2 Å².